The Labute approximate surface area is 187 Å². The lowest BCUT2D eigenvalue weighted by Gasteiger charge is -2.25. The number of carbonyl (C=O) groups is 4. The average molecular weight is 454 g/mol. The first-order valence-corrected chi connectivity index (χ1v) is 10.7. The summed E-state index contributed by atoms with van der Waals surface area (Å²) < 4.78 is 0. The summed E-state index contributed by atoms with van der Waals surface area (Å²) in [7, 11) is 0. The zero-order valence-corrected chi connectivity index (χ0v) is 18.6. The molecule has 4 atom stereocenters. The molecule has 1 heterocycles. The number of carbonyl (C=O) groups excluding carboxylic acids is 3. The first-order chi connectivity index (χ1) is 15.2. The zero-order valence-electron chi connectivity index (χ0n) is 18.6. The molecule has 0 spiro atoms. The van der Waals surface area contributed by atoms with Crippen LogP contribution in [0.25, 0.3) is 0 Å². The SMILES string of the molecule is CCC(C)C(NC(=O)CNC(=O)C(N)CCCCN)C(=O)NC(Cc1cnc[nH]1)C(=O)O. The Balaban J connectivity index is 2.66. The number of hydrogen-bond acceptors (Lipinski definition) is 7. The molecule has 1 aromatic rings. The van der Waals surface area contributed by atoms with Gasteiger partial charge in [0.2, 0.25) is 17.7 Å². The third kappa shape index (κ3) is 9.43. The first-order valence-electron chi connectivity index (χ1n) is 10.7. The second-order valence-corrected chi connectivity index (χ2v) is 7.72. The van der Waals surface area contributed by atoms with E-state index in [2.05, 4.69) is 25.9 Å². The Kier molecular flexibility index (Phi) is 12.0. The largest absolute Gasteiger partial charge is 0.480 e. The van der Waals surface area contributed by atoms with Crippen LogP contribution in [0.5, 0.6) is 0 Å². The van der Waals surface area contributed by atoms with Crippen molar-refractivity contribution in [1.82, 2.24) is 25.9 Å². The number of nitrogens with one attached hydrogen (secondary N) is 4. The molecular weight excluding hydrogens is 418 g/mol. The molecule has 0 aromatic carbocycles. The maximum atomic E-state index is 12.8. The van der Waals surface area contributed by atoms with Gasteiger partial charge in [-0.1, -0.05) is 26.7 Å². The molecule has 0 aliphatic carbocycles. The topological polar surface area (TPSA) is 205 Å². The highest BCUT2D eigenvalue weighted by Gasteiger charge is 2.30. The fourth-order valence-corrected chi connectivity index (χ4v) is 2.94. The van der Waals surface area contributed by atoms with Crippen LogP contribution in [0.1, 0.15) is 45.2 Å². The van der Waals surface area contributed by atoms with E-state index in [1.54, 1.807) is 6.92 Å². The van der Waals surface area contributed by atoms with Crippen molar-refractivity contribution < 1.29 is 24.3 Å². The monoisotopic (exact) mass is 453 g/mol. The number of nitrogens with two attached hydrogens (primary N) is 2. The van der Waals surface area contributed by atoms with Crippen molar-refractivity contribution in [3.63, 3.8) is 0 Å². The van der Waals surface area contributed by atoms with E-state index in [0.29, 0.717) is 31.5 Å². The van der Waals surface area contributed by atoms with Gasteiger partial charge in [0.05, 0.1) is 18.9 Å². The van der Waals surface area contributed by atoms with E-state index in [-0.39, 0.29) is 18.9 Å². The van der Waals surface area contributed by atoms with E-state index in [0.717, 1.165) is 6.42 Å². The number of carboxylic acids is 1. The van der Waals surface area contributed by atoms with Crippen molar-refractivity contribution in [1.29, 1.82) is 0 Å². The number of aromatic nitrogens is 2. The minimum absolute atomic E-state index is 0.0142. The molecule has 9 N–H and O–H groups in total. The van der Waals surface area contributed by atoms with Crippen LogP contribution in [0.2, 0.25) is 0 Å². The Morgan fingerprint density at radius 3 is 2.47 bits per heavy atom. The number of unbranched alkanes of at least 4 members (excludes halogenated alkanes) is 1. The normalized spacial score (nSPS) is 14.6. The molecule has 0 saturated heterocycles. The summed E-state index contributed by atoms with van der Waals surface area (Å²) in [6, 6.07) is -2.91. The number of nitrogens with zero attached hydrogens (tertiary/aromatic N) is 1. The maximum absolute atomic E-state index is 12.8. The number of hydrogen-bond donors (Lipinski definition) is 7. The fourth-order valence-electron chi connectivity index (χ4n) is 2.94. The quantitative estimate of drug-likeness (QED) is 0.157. The smallest absolute Gasteiger partial charge is 0.326 e. The van der Waals surface area contributed by atoms with Gasteiger partial charge in [0, 0.05) is 18.3 Å². The molecule has 12 nitrogen and oxygen atoms in total. The van der Waals surface area contributed by atoms with E-state index in [1.165, 1.54) is 12.5 Å². The molecule has 0 fully saturated rings. The molecular formula is C20H35N7O5. The lowest BCUT2D eigenvalue weighted by molar-refractivity contribution is -0.142. The number of aliphatic carboxylic acids is 1. The first kappa shape index (κ1) is 27.0. The van der Waals surface area contributed by atoms with Crippen molar-refractivity contribution in [3.05, 3.63) is 18.2 Å². The molecule has 1 aromatic heterocycles. The van der Waals surface area contributed by atoms with Crippen LogP contribution < -0.4 is 27.4 Å². The molecule has 0 bridgehead atoms. The summed E-state index contributed by atoms with van der Waals surface area (Å²) in [6.45, 7) is 3.78. The number of amides is 3. The van der Waals surface area contributed by atoms with Crippen LogP contribution in [-0.4, -0.2) is 70.0 Å². The van der Waals surface area contributed by atoms with Gasteiger partial charge in [0.25, 0.3) is 0 Å². The van der Waals surface area contributed by atoms with E-state index in [4.69, 9.17) is 11.5 Å². The molecule has 0 aliphatic rings. The Morgan fingerprint density at radius 2 is 1.91 bits per heavy atom. The van der Waals surface area contributed by atoms with Gasteiger partial charge in [-0.2, -0.15) is 0 Å². The fraction of sp³-hybridized carbons (Fsp3) is 0.650. The summed E-state index contributed by atoms with van der Waals surface area (Å²) in [5.74, 6) is -3.14. The van der Waals surface area contributed by atoms with Gasteiger partial charge in [-0.25, -0.2) is 9.78 Å². The van der Waals surface area contributed by atoms with E-state index < -0.39 is 41.8 Å². The van der Waals surface area contributed by atoms with E-state index in [9.17, 15) is 24.3 Å². The summed E-state index contributed by atoms with van der Waals surface area (Å²) >= 11 is 0. The highest BCUT2D eigenvalue weighted by molar-refractivity contribution is 5.92. The second-order valence-electron chi connectivity index (χ2n) is 7.72. The minimum atomic E-state index is -1.21. The van der Waals surface area contributed by atoms with E-state index >= 15 is 0 Å². The summed E-state index contributed by atoms with van der Waals surface area (Å²) in [4.78, 5) is 55.4. The summed E-state index contributed by atoms with van der Waals surface area (Å²) in [5, 5.41) is 17.0. The molecule has 0 radical (unpaired) electrons. The van der Waals surface area contributed by atoms with Crippen LogP contribution in [0, 0.1) is 5.92 Å². The third-order valence-corrected chi connectivity index (χ3v) is 5.13. The standard InChI is InChI=1S/C20H35N7O5/c1-3-12(2)17(19(30)26-15(20(31)32)8-13-9-23-11-25-13)27-16(28)10-24-18(29)14(22)6-4-5-7-21/h9,11-12,14-15,17H,3-8,10,21-22H2,1-2H3,(H,23,25)(H,24,29)(H,26,30)(H,27,28)(H,31,32). The van der Waals surface area contributed by atoms with Crippen molar-refractivity contribution in [2.75, 3.05) is 13.1 Å². The molecule has 0 aliphatic heterocycles. The zero-order chi connectivity index (χ0) is 24.1. The van der Waals surface area contributed by atoms with Crippen LogP contribution in [0.3, 0.4) is 0 Å². The Bertz CT molecular complexity index is 741. The van der Waals surface area contributed by atoms with Gasteiger partial charge in [-0.15, -0.1) is 0 Å². The van der Waals surface area contributed by atoms with Gasteiger partial charge in [0.15, 0.2) is 0 Å². The molecule has 1 rings (SSSR count). The van der Waals surface area contributed by atoms with Gasteiger partial charge in [0.1, 0.15) is 12.1 Å². The third-order valence-electron chi connectivity index (χ3n) is 5.13. The molecule has 4 unspecified atom stereocenters. The van der Waals surface area contributed by atoms with Gasteiger partial charge in [-0.05, 0) is 25.3 Å². The molecule has 12 heteroatoms. The summed E-state index contributed by atoms with van der Waals surface area (Å²) in [6.07, 6.45) is 5.38. The van der Waals surface area contributed by atoms with Crippen molar-refractivity contribution in [2.45, 2.75) is 64.1 Å². The Morgan fingerprint density at radius 1 is 1.19 bits per heavy atom. The summed E-state index contributed by atoms with van der Waals surface area (Å²) in [5.41, 5.74) is 11.8. The van der Waals surface area contributed by atoms with Crippen LogP contribution in [0.15, 0.2) is 12.5 Å². The van der Waals surface area contributed by atoms with Gasteiger partial charge < -0.3 is 37.5 Å². The van der Waals surface area contributed by atoms with Gasteiger partial charge >= 0.3 is 5.97 Å². The van der Waals surface area contributed by atoms with Crippen LogP contribution in [-0.2, 0) is 25.6 Å². The van der Waals surface area contributed by atoms with Crippen molar-refractivity contribution in [2.24, 2.45) is 17.4 Å². The number of carboxylic acid groups (broad SMARTS) is 1. The Hall–Kier alpha value is -2.99. The van der Waals surface area contributed by atoms with Crippen molar-refractivity contribution in [3.8, 4) is 0 Å². The molecule has 3 amide bonds. The molecule has 180 valence electrons. The number of imidazole rings is 1. The number of H-pyrrole nitrogens is 1. The van der Waals surface area contributed by atoms with Crippen LogP contribution >= 0.6 is 0 Å². The molecule has 32 heavy (non-hydrogen) atoms. The number of rotatable bonds is 15. The lowest BCUT2D eigenvalue weighted by atomic mass is 9.97. The van der Waals surface area contributed by atoms with Crippen LogP contribution in [0.4, 0.5) is 0 Å². The number of aromatic amines is 1. The second kappa shape index (κ2) is 14.1. The lowest BCUT2D eigenvalue weighted by Crippen LogP contribution is -2.56. The van der Waals surface area contributed by atoms with E-state index in [1.807, 2.05) is 6.92 Å². The predicted octanol–water partition coefficient (Wildman–Crippen LogP) is -1.37. The highest BCUT2D eigenvalue weighted by Crippen LogP contribution is 2.09. The average Bonchev–Trinajstić information content (AvgIpc) is 3.27. The molecule has 0 saturated carbocycles. The minimum Gasteiger partial charge on any atom is -0.480 e. The maximum Gasteiger partial charge on any atom is 0.326 e. The highest BCUT2D eigenvalue weighted by atomic mass is 16.4. The van der Waals surface area contributed by atoms with Crippen molar-refractivity contribution >= 4 is 23.7 Å². The van der Waals surface area contributed by atoms with Gasteiger partial charge in [-0.3, -0.25) is 14.4 Å². The predicted molar refractivity (Wildman–Crippen MR) is 117 cm³/mol.